The number of nitrogens with two attached hydrogens (primary N) is 1. The van der Waals surface area contributed by atoms with E-state index in [1.807, 2.05) is 31.3 Å². The Labute approximate surface area is 88.5 Å². The van der Waals surface area contributed by atoms with Crippen LogP contribution in [0.1, 0.15) is 5.56 Å². The first kappa shape index (κ1) is 10.9. The second-order valence-corrected chi connectivity index (χ2v) is 3.43. The van der Waals surface area contributed by atoms with E-state index in [-0.39, 0.29) is 6.67 Å². The quantitative estimate of drug-likeness (QED) is 0.771. The summed E-state index contributed by atoms with van der Waals surface area (Å²) in [6.45, 7) is -0.0399. The molecule has 0 heterocycles. The Hall–Kier alpha value is -1.16. The molecule has 1 rings (SSSR count). The van der Waals surface area contributed by atoms with Gasteiger partial charge >= 0.3 is 0 Å². The normalized spacial score (nSPS) is 9.86. The molecule has 0 saturated carbocycles. The lowest BCUT2D eigenvalue weighted by molar-refractivity contribution is 0.497. The number of para-hydroxylation sites is 1. The molecule has 0 atom stereocenters. The van der Waals surface area contributed by atoms with Crippen molar-refractivity contribution in [2.75, 3.05) is 25.2 Å². The standard InChI is InChI=1S/C10H13FN2S/c1-13(7-6-11)9-5-3-2-4-8(9)10(12)14/h2-5H,6-7H2,1H3,(H2,12,14). The summed E-state index contributed by atoms with van der Waals surface area (Å²) in [5.74, 6) is 0. The zero-order valence-corrected chi connectivity index (χ0v) is 8.85. The minimum absolute atomic E-state index is 0.339. The summed E-state index contributed by atoms with van der Waals surface area (Å²) >= 11 is 4.91. The topological polar surface area (TPSA) is 29.3 Å². The van der Waals surface area contributed by atoms with Gasteiger partial charge in [0, 0.05) is 24.8 Å². The lowest BCUT2D eigenvalue weighted by atomic mass is 10.1. The van der Waals surface area contributed by atoms with E-state index in [4.69, 9.17) is 18.0 Å². The molecule has 1 aromatic carbocycles. The molecule has 0 bridgehead atoms. The molecule has 76 valence electrons. The zero-order chi connectivity index (χ0) is 10.6. The molecule has 4 heteroatoms. The minimum Gasteiger partial charge on any atom is -0.389 e. The van der Waals surface area contributed by atoms with Gasteiger partial charge < -0.3 is 10.6 Å². The predicted octanol–water partition coefficient (Wildman–Crippen LogP) is 1.73. The van der Waals surface area contributed by atoms with Gasteiger partial charge in [-0.3, -0.25) is 0 Å². The van der Waals surface area contributed by atoms with Gasteiger partial charge in [-0.05, 0) is 12.1 Å². The molecule has 0 aromatic heterocycles. The highest BCUT2D eigenvalue weighted by atomic mass is 32.1. The van der Waals surface area contributed by atoms with Gasteiger partial charge in [0.1, 0.15) is 11.7 Å². The van der Waals surface area contributed by atoms with Gasteiger partial charge in [0.25, 0.3) is 0 Å². The predicted molar refractivity (Wildman–Crippen MR) is 61.6 cm³/mol. The summed E-state index contributed by atoms with van der Waals surface area (Å²) < 4.78 is 12.2. The van der Waals surface area contributed by atoms with Crippen molar-refractivity contribution in [3.8, 4) is 0 Å². The molecule has 14 heavy (non-hydrogen) atoms. The number of anilines is 1. The SMILES string of the molecule is CN(CCF)c1ccccc1C(N)=S. The fourth-order valence-corrected chi connectivity index (χ4v) is 1.43. The van der Waals surface area contributed by atoms with E-state index in [1.54, 1.807) is 4.90 Å². The molecule has 2 N–H and O–H groups in total. The van der Waals surface area contributed by atoms with Crippen LogP contribution in [0, 0.1) is 0 Å². The molecular formula is C10H13FN2S. The van der Waals surface area contributed by atoms with E-state index in [0.29, 0.717) is 11.5 Å². The highest BCUT2D eigenvalue weighted by molar-refractivity contribution is 7.80. The summed E-state index contributed by atoms with van der Waals surface area (Å²) in [5.41, 5.74) is 7.22. The first-order valence-electron chi connectivity index (χ1n) is 4.32. The Morgan fingerprint density at radius 2 is 2.14 bits per heavy atom. The number of nitrogens with zero attached hydrogens (tertiary/aromatic N) is 1. The van der Waals surface area contributed by atoms with E-state index < -0.39 is 0 Å². The molecule has 0 aliphatic carbocycles. The number of hydrogen-bond acceptors (Lipinski definition) is 2. The Morgan fingerprint density at radius 3 is 2.71 bits per heavy atom. The van der Waals surface area contributed by atoms with Gasteiger partial charge in [-0.2, -0.15) is 0 Å². The van der Waals surface area contributed by atoms with Crippen LogP contribution in [-0.2, 0) is 0 Å². The molecular weight excluding hydrogens is 199 g/mol. The van der Waals surface area contributed by atoms with Crippen molar-refractivity contribution in [3.05, 3.63) is 29.8 Å². The zero-order valence-electron chi connectivity index (χ0n) is 8.03. The summed E-state index contributed by atoms with van der Waals surface area (Å²) in [4.78, 5) is 2.14. The van der Waals surface area contributed by atoms with Crippen molar-refractivity contribution in [3.63, 3.8) is 0 Å². The van der Waals surface area contributed by atoms with Crippen LogP contribution in [0.15, 0.2) is 24.3 Å². The van der Waals surface area contributed by atoms with Crippen LogP contribution in [0.4, 0.5) is 10.1 Å². The third-order valence-corrected chi connectivity index (χ3v) is 2.22. The van der Waals surface area contributed by atoms with Crippen molar-refractivity contribution in [1.29, 1.82) is 0 Å². The van der Waals surface area contributed by atoms with Gasteiger partial charge in [0.2, 0.25) is 0 Å². The van der Waals surface area contributed by atoms with Crippen LogP contribution >= 0.6 is 12.2 Å². The highest BCUT2D eigenvalue weighted by Gasteiger charge is 2.07. The fourth-order valence-electron chi connectivity index (χ4n) is 1.26. The third kappa shape index (κ3) is 2.42. The molecule has 0 aliphatic heterocycles. The molecule has 0 saturated heterocycles. The smallest absolute Gasteiger partial charge is 0.107 e. The maximum atomic E-state index is 12.2. The maximum absolute atomic E-state index is 12.2. The van der Waals surface area contributed by atoms with Crippen LogP contribution in [0.2, 0.25) is 0 Å². The highest BCUT2D eigenvalue weighted by Crippen LogP contribution is 2.18. The molecule has 0 radical (unpaired) electrons. The maximum Gasteiger partial charge on any atom is 0.107 e. The van der Waals surface area contributed by atoms with Gasteiger partial charge in [0.05, 0.1) is 0 Å². The second kappa shape index (κ2) is 4.91. The number of alkyl halides is 1. The first-order chi connectivity index (χ1) is 6.66. The monoisotopic (exact) mass is 212 g/mol. The van der Waals surface area contributed by atoms with E-state index in [1.165, 1.54) is 0 Å². The summed E-state index contributed by atoms with van der Waals surface area (Å²) in [7, 11) is 1.82. The molecule has 1 aromatic rings. The summed E-state index contributed by atoms with van der Waals surface area (Å²) in [6, 6.07) is 7.46. The average Bonchev–Trinajstić information content (AvgIpc) is 2.18. The van der Waals surface area contributed by atoms with Crippen molar-refractivity contribution in [1.82, 2.24) is 0 Å². The number of rotatable bonds is 4. The van der Waals surface area contributed by atoms with Gasteiger partial charge in [0.15, 0.2) is 0 Å². The first-order valence-corrected chi connectivity index (χ1v) is 4.73. The second-order valence-electron chi connectivity index (χ2n) is 2.99. The lowest BCUT2D eigenvalue weighted by Gasteiger charge is -2.20. The molecule has 2 nitrogen and oxygen atoms in total. The van der Waals surface area contributed by atoms with E-state index in [9.17, 15) is 4.39 Å². The molecule has 0 spiro atoms. The van der Waals surface area contributed by atoms with Gasteiger partial charge in [-0.15, -0.1) is 0 Å². The van der Waals surface area contributed by atoms with E-state index in [0.717, 1.165) is 11.3 Å². The fraction of sp³-hybridized carbons (Fsp3) is 0.300. The van der Waals surface area contributed by atoms with Crippen LogP contribution in [-0.4, -0.2) is 25.3 Å². The Kier molecular flexibility index (Phi) is 3.83. The summed E-state index contributed by atoms with van der Waals surface area (Å²) in [6.07, 6.45) is 0. The van der Waals surface area contributed by atoms with Gasteiger partial charge in [-0.25, -0.2) is 4.39 Å². The van der Waals surface area contributed by atoms with Crippen molar-refractivity contribution >= 4 is 22.9 Å². The van der Waals surface area contributed by atoms with Crippen LogP contribution < -0.4 is 10.6 Å². The largest absolute Gasteiger partial charge is 0.389 e. The van der Waals surface area contributed by atoms with Crippen LogP contribution in [0.25, 0.3) is 0 Å². The van der Waals surface area contributed by atoms with E-state index >= 15 is 0 Å². The van der Waals surface area contributed by atoms with Crippen molar-refractivity contribution in [2.24, 2.45) is 5.73 Å². The lowest BCUT2D eigenvalue weighted by Crippen LogP contribution is -2.23. The van der Waals surface area contributed by atoms with E-state index in [2.05, 4.69) is 0 Å². The summed E-state index contributed by atoms with van der Waals surface area (Å²) in [5, 5.41) is 0. The average molecular weight is 212 g/mol. The Balaban J connectivity index is 3.00. The number of benzene rings is 1. The van der Waals surface area contributed by atoms with Crippen LogP contribution in [0.5, 0.6) is 0 Å². The Morgan fingerprint density at radius 1 is 1.50 bits per heavy atom. The molecule has 0 amide bonds. The van der Waals surface area contributed by atoms with Crippen molar-refractivity contribution < 1.29 is 4.39 Å². The molecule has 0 fully saturated rings. The minimum atomic E-state index is -0.387. The molecule has 0 unspecified atom stereocenters. The Bertz CT molecular complexity index is 328. The number of hydrogen-bond donors (Lipinski definition) is 1. The number of thiocarbonyl (C=S) groups is 1. The third-order valence-electron chi connectivity index (χ3n) is 2.00. The van der Waals surface area contributed by atoms with Crippen molar-refractivity contribution in [2.45, 2.75) is 0 Å². The molecule has 0 aliphatic rings. The number of halogens is 1. The van der Waals surface area contributed by atoms with Gasteiger partial charge in [-0.1, -0.05) is 24.4 Å². The van der Waals surface area contributed by atoms with Crippen LogP contribution in [0.3, 0.4) is 0 Å².